The van der Waals surface area contributed by atoms with E-state index in [1.165, 1.54) is 24.5 Å². The first kappa shape index (κ1) is 11.9. The highest BCUT2D eigenvalue weighted by atomic mass is 35.5. The van der Waals surface area contributed by atoms with Gasteiger partial charge in [0.1, 0.15) is 10.0 Å². The Labute approximate surface area is 103 Å². The fraction of sp³-hybridized carbons (Fsp3) is 0.111. The molecule has 0 amide bonds. The number of rotatable bonds is 3. The van der Waals surface area contributed by atoms with Crippen LogP contribution >= 0.6 is 11.6 Å². The highest BCUT2D eigenvalue weighted by Crippen LogP contribution is 2.17. The predicted molar refractivity (Wildman–Crippen MR) is 63.4 cm³/mol. The number of halogens is 1. The summed E-state index contributed by atoms with van der Waals surface area (Å²) in [6, 6.07) is 3.03. The third-order valence-electron chi connectivity index (χ3n) is 2.05. The number of sulfonamides is 1. The molecule has 2 aromatic rings. The fourth-order valence-electron chi connectivity index (χ4n) is 1.26. The van der Waals surface area contributed by atoms with Gasteiger partial charge in [0.25, 0.3) is 10.0 Å². The fourth-order valence-corrected chi connectivity index (χ4v) is 2.55. The average Bonchev–Trinajstić information content (AvgIpc) is 2.68. The molecule has 0 unspecified atom stereocenters. The molecule has 0 radical (unpaired) electrons. The van der Waals surface area contributed by atoms with Crippen LogP contribution in [0.25, 0.3) is 0 Å². The summed E-state index contributed by atoms with van der Waals surface area (Å²) in [5, 5.41) is 6.53. The summed E-state index contributed by atoms with van der Waals surface area (Å²) in [4.78, 5) is 3.89. The van der Waals surface area contributed by atoms with Gasteiger partial charge >= 0.3 is 0 Å². The monoisotopic (exact) mass is 272 g/mol. The van der Waals surface area contributed by atoms with Crippen molar-refractivity contribution in [2.45, 2.75) is 11.8 Å². The molecule has 0 saturated heterocycles. The summed E-state index contributed by atoms with van der Waals surface area (Å²) >= 11 is 5.60. The van der Waals surface area contributed by atoms with E-state index in [1.807, 2.05) is 0 Å². The first-order chi connectivity index (χ1) is 7.99. The van der Waals surface area contributed by atoms with Gasteiger partial charge in [-0.2, -0.15) is 5.10 Å². The third-order valence-corrected chi connectivity index (χ3v) is 3.77. The molecule has 0 bridgehead atoms. The van der Waals surface area contributed by atoms with Gasteiger partial charge in [0, 0.05) is 0 Å². The lowest BCUT2D eigenvalue weighted by atomic mass is 10.4. The molecule has 0 aliphatic carbocycles. The van der Waals surface area contributed by atoms with E-state index in [0.29, 0.717) is 16.5 Å². The van der Waals surface area contributed by atoms with Crippen molar-refractivity contribution in [1.29, 1.82) is 0 Å². The van der Waals surface area contributed by atoms with E-state index in [9.17, 15) is 8.42 Å². The second-order valence-electron chi connectivity index (χ2n) is 3.33. The SMILES string of the molecule is Cc1[nH]ncc1S(=O)(=O)Nc1ccc(Cl)nc1. The van der Waals surface area contributed by atoms with Gasteiger partial charge in [-0.25, -0.2) is 13.4 Å². The molecule has 2 aromatic heterocycles. The van der Waals surface area contributed by atoms with E-state index < -0.39 is 10.0 Å². The van der Waals surface area contributed by atoms with Crippen molar-refractivity contribution in [3.8, 4) is 0 Å². The summed E-state index contributed by atoms with van der Waals surface area (Å²) in [7, 11) is -3.64. The zero-order valence-electron chi connectivity index (χ0n) is 8.81. The maximum absolute atomic E-state index is 11.9. The van der Waals surface area contributed by atoms with Crippen molar-refractivity contribution in [1.82, 2.24) is 15.2 Å². The van der Waals surface area contributed by atoms with E-state index in [-0.39, 0.29) is 4.90 Å². The van der Waals surface area contributed by atoms with Crippen LogP contribution in [0.2, 0.25) is 5.15 Å². The van der Waals surface area contributed by atoms with Gasteiger partial charge in [-0.3, -0.25) is 9.82 Å². The standard InChI is InChI=1S/C9H9ClN4O2S/c1-6-8(5-12-13-6)17(15,16)14-7-2-3-9(10)11-4-7/h2-5,14H,1H3,(H,12,13). The molecule has 0 aliphatic heterocycles. The Hall–Kier alpha value is -1.60. The number of hydrogen-bond acceptors (Lipinski definition) is 4. The molecular formula is C9H9ClN4O2S. The highest BCUT2D eigenvalue weighted by Gasteiger charge is 2.18. The van der Waals surface area contributed by atoms with Crippen LogP contribution in [0.5, 0.6) is 0 Å². The lowest BCUT2D eigenvalue weighted by Gasteiger charge is -2.06. The number of aryl methyl sites for hydroxylation is 1. The maximum atomic E-state index is 11.9. The first-order valence-electron chi connectivity index (χ1n) is 4.63. The third kappa shape index (κ3) is 2.56. The lowest BCUT2D eigenvalue weighted by molar-refractivity contribution is 0.600. The Morgan fingerprint density at radius 3 is 2.65 bits per heavy atom. The van der Waals surface area contributed by atoms with Crippen LogP contribution < -0.4 is 4.72 Å². The molecule has 0 fully saturated rings. The lowest BCUT2D eigenvalue weighted by Crippen LogP contribution is -2.13. The van der Waals surface area contributed by atoms with Crippen LogP contribution in [0.1, 0.15) is 5.69 Å². The van der Waals surface area contributed by atoms with Crippen LogP contribution in [0.3, 0.4) is 0 Å². The largest absolute Gasteiger partial charge is 0.281 e. The topological polar surface area (TPSA) is 87.7 Å². The zero-order chi connectivity index (χ0) is 12.5. The average molecular weight is 273 g/mol. The minimum atomic E-state index is -3.64. The van der Waals surface area contributed by atoms with Gasteiger partial charge in [-0.05, 0) is 19.1 Å². The second-order valence-corrected chi connectivity index (χ2v) is 5.37. The predicted octanol–water partition coefficient (Wildman–Crippen LogP) is 1.57. The van der Waals surface area contributed by atoms with E-state index in [2.05, 4.69) is 19.9 Å². The molecule has 0 aromatic carbocycles. The number of anilines is 1. The Balaban J connectivity index is 2.30. The van der Waals surface area contributed by atoms with Crippen molar-refractivity contribution in [2.75, 3.05) is 4.72 Å². The van der Waals surface area contributed by atoms with Crippen molar-refractivity contribution >= 4 is 27.3 Å². The van der Waals surface area contributed by atoms with Crippen molar-refractivity contribution in [3.63, 3.8) is 0 Å². The quantitative estimate of drug-likeness (QED) is 0.830. The minimum absolute atomic E-state index is 0.104. The number of pyridine rings is 1. The van der Waals surface area contributed by atoms with Crippen LogP contribution in [0.4, 0.5) is 5.69 Å². The number of aromatic amines is 1. The summed E-state index contributed by atoms with van der Waals surface area (Å²) in [5.74, 6) is 0. The molecule has 2 heterocycles. The normalized spacial score (nSPS) is 11.4. The molecular weight excluding hydrogens is 264 g/mol. The second kappa shape index (κ2) is 4.34. The molecule has 0 spiro atoms. The van der Waals surface area contributed by atoms with Gasteiger partial charge in [-0.15, -0.1) is 0 Å². The molecule has 0 atom stereocenters. The Morgan fingerprint density at radius 1 is 1.35 bits per heavy atom. The molecule has 0 saturated carbocycles. The van der Waals surface area contributed by atoms with Crippen LogP contribution in [0, 0.1) is 6.92 Å². The summed E-state index contributed by atoms with van der Waals surface area (Å²) < 4.78 is 26.3. The minimum Gasteiger partial charge on any atom is -0.281 e. The number of nitrogens with one attached hydrogen (secondary N) is 2. The molecule has 90 valence electrons. The van der Waals surface area contributed by atoms with Crippen molar-refractivity contribution in [3.05, 3.63) is 35.4 Å². The van der Waals surface area contributed by atoms with Gasteiger partial charge < -0.3 is 0 Å². The Morgan fingerprint density at radius 2 is 2.12 bits per heavy atom. The van der Waals surface area contributed by atoms with Crippen molar-refractivity contribution in [2.24, 2.45) is 0 Å². The van der Waals surface area contributed by atoms with Crippen molar-refractivity contribution < 1.29 is 8.42 Å². The molecule has 2 N–H and O–H groups in total. The molecule has 0 aliphatic rings. The number of aromatic nitrogens is 3. The van der Waals surface area contributed by atoms with Gasteiger partial charge in [-0.1, -0.05) is 11.6 Å². The molecule has 8 heteroatoms. The highest BCUT2D eigenvalue weighted by molar-refractivity contribution is 7.92. The van der Waals surface area contributed by atoms with Gasteiger partial charge in [0.15, 0.2) is 0 Å². The molecule has 2 rings (SSSR count). The smallest absolute Gasteiger partial charge is 0.265 e. The van der Waals surface area contributed by atoms with Gasteiger partial charge in [0.05, 0.1) is 23.8 Å². The van der Waals surface area contributed by atoms with Crippen LogP contribution in [0.15, 0.2) is 29.4 Å². The summed E-state index contributed by atoms with van der Waals surface area (Å²) in [6.07, 6.45) is 2.59. The van der Waals surface area contributed by atoms with Gasteiger partial charge in [0.2, 0.25) is 0 Å². The van der Waals surface area contributed by atoms with E-state index in [0.717, 1.165) is 0 Å². The van der Waals surface area contributed by atoms with Crippen LogP contribution in [-0.4, -0.2) is 23.6 Å². The summed E-state index contributed by atoms with van der Waals surface area (Å²) in [6.45, 7) is 1.63. The number of nitrogens with zero attached hydrogens (tertiary/aromatic N) is 2. The Bertz CT molecular complexity index is 621. The summed E-state index contributed by atoms with van der Waals surface area (Å²) in [5.41, 5.74) is 0.814. The zero-order valence-corrected chi connectivity index (χ0v) is 10.4. The van der Waals surface area contributed by atoms with E-state index >= 15 is 0 Å². The van der Waals surface area contributed by atoms with Crippen LogP contribution in [-0.2, 0) is 10.0 Å². The number of H-pyrrole nitrogens is 1. The number of hydrogen-bond donors (Lipinski definition) is 2. The Kier molecular flexibility index (Phi) is 3.03. The van der Waals surface area contributed by atoms with E-state index in [1.54, 1.807) is 6.92 Å². The molecule has 17 heavy (non-hydrogen) atoms. The van der Waals surface area contributed by atoms with E-state index in [4.69, 9.17) is 11.6 Å². The molecule has 6 nitrogen and oxygen atoms in total. The maximum Gasteiger partial charge on any atom is 0.265 e. The first-order valence-corrected chi connectivity index (χ1v) is 6.49.